The summed E-state index contributed by atoms with van der Waals surface area (Å²) in [6.07, 6.45) is 0. The first-order chi connectivity index (χ1) is 15.1. The van der Waals surface area contributed by atoms with E-state index in [1.807, 2.05) is 37.3 Å². The molecule has 0 fully saturated rings. The highest BCUT2D eigenvalue weighted by molar-refractivity contribution is 9.10. The van der Waals surface area contributed by atoms with E-state index in [-0.39, 0.29) is 5.82 Å². The number of hydrogen-bond acceptors (Lipinski definition) is 3. The van der Waals surface area contributed by atoms with Gasteiger partial charge in [-0.25, -0.2) is 4.39 Å². The summed E-state index contributed by atoms with van der Waals surface area (Å²) in [6.45, 7) is 3.50. The van der Waals surface area contributed by atoms with Gasteiger partial charge in [0.15, 0.2) is 11.5 Å². The first-order valence-corrected chi connectivity index (χ1v) is 11.0. The van der Waals surface area contributed by atoms with Crippen LogP contribution in [0, 0.1) is 5.82 Å². The van der Waals surface area contributed by atoms with Gasteiger partial charge in [-0.1, -0.05) is 42.5 Å². The molecule has 0 aliphatic rings. The fraction of sp³-hybridized carbons (Fsp3) is 0.154. The van der Waals surface area contributed by atoms with E-state index in [9.17, 15) is 4.39 Å². The van der Waals surface area contributed by atoms with Crippen LogP contribution in [-0.4, -0.2) is 6.61 Å². The van der Waals surface area contributed by atoms with Gasteiger partial charge in [-0.15, -0.1) is 0 Å². The van der Waals surface area contributed by atoms with Crippen molar-refractivity contribution in [3.8, 4) is 11.5 Å². The minimum atomic E-state index is -0.250. The normalized spacial score (nSPS) is 10.8. The number of anilines is 1. The van der Waals surface area contributed by atoms with Crippen molar-refractivity contribution in [1.82, 2.24) is 0 Å². The highest BCUT2D eigenvalue weighted by Gasteiger charge is 2.13. The Morgan fingerprint density at radius 1 is 0.903 bits per heavy atom. The lowest BCUT2D eigenvalue weighted by molar-refractivity contribution is 0.268. The molecule has 0 radical (unpaired) electrons. The van der Waals surface area contributed by atoms with Crippen LogP contribution in [0.15, 0.2) is 83.3 Å². The number of hydrogen-bond donors (Lipinski definition) is 1. The molecule has 0 aliphatic carbocycles. The summed E-state index contributed by atoms with van der Waals surface area (Å²) in [4.78, 5) is 0. The van der Waals surface area contributed by atoms with Crippen molar-refractivity contribution in [2.45, 2.75) is 20.1 Å². The van der Waals surface area contributed by atoms with Crippen LogP contribution in [0.5, 0.6) is 11.5 Å². The van der Waals surface area contributed by atoms with Crippen molar-refractivity contribution in [2.75, 3.05) is 11.9 Å². The number of halogens is 2. The molecule has 0 heterocycles. The Morgan fingerprint density at radius 3 is 2.48 bits per heavy atom. The van der Waals surface area contributed by atoms with Crippen LogP contribution >= 0.6 is 15.9 Å². The molecule has 0 spiro atoms. The Kier molecular flexibility index (Phi) is 6.73. The zero-order valence-corrected chi connectivity index (χ0v) is 18.8. The summed E-state index contributed by atoms with van der Waals surface area (Å²) >= 11 is 3.64. The van der Waals surface area contributed by atoms with Crippen molar-refractivity contribution >= 4 is 32.4 Å². The lowest BCUT2D eigenvalue weighted by Crippen LogP contribution is -2.04. The molecular weight excluding hydrogens is 457 g/mol. The van der Waals surface area contributed by atoms with Gasteiger partial charge in [-0.2, -0.15) is 0 Å². The molecule has 4 aromatic rings. The number of nitrogens with one attached hydrogen (secondary N) is 1. The van der Waals surface area contributed by atoms with Crippen LogP contribution in [-0.2, 0) is 13.2 Å². The first kappa shape index (κ1) is 21.2. The van der Waals surface area contributed by atoms with E-state index in [4.69, 9.17) is 9.47 Å². The number of fused-ring (bicyclic) bond motifs is 1. The molecule has 4 rings (SSSR count). The van der Waals surface area contributed by atoms with Crippen molar-refractivity contribution in [1.29, 1.82) is 0 Å². The Morgan fingerprint density at radius 2 is 1.68 bits per heavy atom. The summed E-state index contributed by atoms with van der Waals surface area (Å²) in [6, 6.07) is 24.8. The van der Waals surface area contributed by atoms with E-state index in [0.29, 0.717) is 31.3 Å². The third-order valence-electron chi connectivity index (χ3n) is 4.96. The summed E-state index contributed by atoms with van der Waals surface area (Å²) in [5, 5.41) is 5.67. The molecule has 0 atom stereocenters. The van der Waals surface area contributed by atoms with Crippen LogP contribution in [0.3, 0.4) is 0 Å². The van der Waals surface area contributed by atoms with E-state index in [1.165, 1.54) is 22.9 Å². The Bertz CT molecular complexity index is 1170. The molecule has 158 valence electrons. The zero-order chi connectivity index (χ0) is 21.6. The second-order valence-electron chi connectivity index (χ2n) is 7.13. The minimum absolute atomic E-state index is 0.250. The molecule has 31 heavy (non-hydrogen) atoms. The molecule has 0 aliphatic heterocycles. The molecule has 4 aromatic carbocycles. The molecule has 0 saturated carbocycles. The van der Waals surface area contributed by atoms with Crippen LogP contribution in [0.25, 0.3) is 10.8 Å². The third kappa shape index (κ3) is 5.17. The standard InChI is InChI=1S/C26H23BrFNO2/c1-2-30-25-15-18(16-29-22-12-10-21(28)11-13-22)14-24(27)26(25)31-17-20-8-5-7-19-6-3-4-9-23(19)20/h3-15,29H,2,16-17H2,1H3. The van der Waals surface area contributed by atoms with Crippen molar-refractivity contribution in [3.63, 3.8) is 0 Å². The number of ether oxygens (including phenoxy) is 2. The Hall–Kier alpha value is -3.05. The number of rotatable bonds is 8. The van der Waals surface area contributed by atoms with Gasteiger partial charge in [0.2, 0.25) is 0 Å². The van der Waals surface area contributed by atoms with Gasteiger partial charge in [0.05, 0.1) is 11.1 Å². The molecule has 0 bridgehead atoms. The highest BCUT2D eigenvalue weighted by atomic mass is 79.9. The topological polar surface area (TPSA) is 30.5 Å². The van der Waals surface area contributed by atoms with E-state index in [1.54, 1.807) is 12.1 Å². The average molecular weight is 480 g/mol. The lowest BCUT2D eigenvalue weighted by atomic mass is 10.1. The molecule has 0 saturated heterocycles. The molecular formula is C26H23BrFNO2. The fourth-order valence-corrected chi connectivity index (χ4v) is 4.07. The van der Waals surface area contributed by atoms with E-state index in [2.05, 4.69) is 45.5 Å². The number of benzene rings is 4. The maximum atomic E-state index is 13.1. The van der Waals surface area contributed by atoms with Crippen LogP contribution in [0.2, 0.25) is 0 Å². The third-order valence-corrected chi connectivity index (χ3v) is 5.55. The first-order valence-electron chi connectivity index (χ1n) is 10.2. The van der Waals surface area contributed by atoms with Crippen molar-refractivity contribution in [3.05, 3.63) is 100 Å². The van der Waals surface area contributed by atoms with Gasteiger partial charge in [0, 0.05) is 12.2 Å². The van der Waals surface area contributed by atoms with E-state index in [0.717, 1.165) is 21.3 Å². The Balaban J connectivity index is 1.53. The van der Waals surface area contributed by atoms with Crippen LogP contribution in [0.1, 0.15) is 18.1 Å². The van der Waals surface area contributed by atoms with Gasteiger partial charge in [0.25, 0.3) is 0 Å². The zero-order valence-electron chi connectivity index (χ0n) is 17.2. The maximum absolute atomic E-state index is 13.1. The fourth-order valence-electron chi connectivity index (χ4n) is 3.47. The summed E-state index contributed by atoms with van der Waals surface area (Å²) in [7, 11) is 0. The molecule has 5 heteroatoms. The monoisotopic (exact) mass is 479 g/mol. The second-order valence-corrected chi connectivity index (χ2v) is 7.98. The molecule has 1 N–H and O–H groups in total. The lowest BCUT2D eigenvalue weighted by Gasteiger charge is -2.17. The molecule has 0 unspecified atom stereocenters. The average Bonchev–Trinajstić information content (AvgIpc) is 2.78. The van der Waals surface area contributed by atoms with Gasteiger partial charge >= 0.3 is 0 Å². The second kappa shape index (κ2) is 9.84. The van der Waals surface area contributed by atoms with Gasteiger partial charge in [-0.3, -0.25) is 0 Å². The van der Waals surface area contributed by atoms with E-state index < -0.39 is 0 Å². The summed E-state index contributed by atoms with van der Waals surface area (Å²) in [5.41, 5.74) is 3.00. The predicted molar refractivity (Wildman–Crippen MR) is 127 cm³/mol. The molecule has 3 nitrogen and oxygen atoms in total. The van der Waals surface area contributed by atoms with E-state index >= 15 is 0 Å². The predicted octanol–water partition coefficient (Wildman–Crippen LogP) is 7.33. The summed E-state index contributed by atoms with van der Waals surface area (Å²) < 4.78 is 26.0. The van der Waals surface area contributed by atoms with Gasteiger partial charge in [0.1, 0.15) is 12.4 Å². The van der Waals surface area contributed by atoms with Crippen molar-refractivity contribution < 1.29 is 13.9 Å². The van der Waals surface area contributed by atoms with Gasteiger partial charge < -0.3 is 14.8 Å². The minimum Gasteiger partial charge on any atom is -0.490 e. The SMILES string of the molecule is CCOc1cc(CNc2ccc(F)cc2)cc(Br)c1OCc1cccc2ccccc12. The largest absolute Gasteiger partial charge is 0.490 e. The molecule has 0 aromatic heterocycles. The molecule has 0 amide bonds. The van der Waals surface area contributed by atoms with Crippen LogP contribution in [0.4, 0.5) is 10.1 Å². The van der Waals surface area contributed by atoms with Gasteiger partial charge in [-0.05, 0) is 81.2 Å². The quantitative estimate of drug-likeness (QED) is 0.286. The van der Waals surface area contributed by atoms with Crippen LogP contribution < -0.4 is 14.8 Å². The smallest absolute Gasteiger partial charge is 0.175 e. The highest BCUT2D eigenvalue weighted by Crippen LogP contribution is 2.38. The van der Waals surface area contributed by atoms with Crippen molar-refractivity contribution in [2.24, 2.45) is 0 Å². The summed E-state index contributed by atoms with van der Waals surface area (Å²) in [5.74, 6) is 1.12. The maximum Gasteiger partial charge on any atom is 0.175 e. The Labute approximate surface area is 189 Å².